The molecule has 0 radical (unpaired) electrons. The van der Waals surface area contributed by atoms with Gasteiger partial charge in [-0.1, -0.05) is 13.8 Å². The summed E-state index contributed by atoms with van der Waals surface area (Å²) in [6, 6.07) is 0. The molecule has 0 saturated heterocycles. The van der Waals surface area contributed by atoms with Crippen molar-refractivity contribution in [1.29, 1.82) is 0 Å². The van der Waals surface area contributed by atoms with Crippen LogP contribution in [0.5, 0.6) is 0 Å². The molecule has 23 heavy (non-hydrogen) atoms. The number of nitrogens with one attached hydrogen (secondary N) is 3. The number of hydrogen-bond donors (Lipinski definition) is 6. The lowest BCUT2D eigenvalue weighted by Crippen LogP contribution is -2.35. The lowest BCUT2D eigenvalue weighted by Gasteiger charge is -2.20. The van der Waals surface area contributed by atoms with E-state index in [1.54, 1.807) is 13.8 Å². The summed E-state index contributed by atoms with van der Waals surface area (Å²) in [5.41, 5.74) is 10.1. The van der Waals surface area contributed by atoms with Crippen molar-refractivity contribution in [2.24, 2.45) is 22.8 Å². The largest absolute Gasteiger partial charge is 0.481 e. The lowest BCUT2D eigenvalue weighted by atomic mass is 9.84. The molecule has 0 heterocycles. The summed E-state index contributed by atoms with van der Waals surface area (Å²) in [5.74, 6) is -0.257. The zero-order valence-electron chi connectivity index (χ0n) is 15.5. The van der Waals surface area contributed by atoms with Gasteiger partial charge in [0.15, 0.2) is 0 Å². The molecule has 0 aromatic carbocycles. The molecule has 140 valence electrons. The van der Waals surface area contributed by atoms with E-state index in [1.165, 1.54) is 0 Å². The summed E-state index contributed by atoms with van der Waals surface area (Å²) in [6.45, 7) is 14.7. The fourth-order valence-corrected chi connectivity index (χ4v) is 2.04. The number of carboxylic acids is 1. The first-order valence-electron chi connectivity index (χ1n) is 8.53. The van der Waals surface area contributed by atoms with Crippen molar-refractivity contribution in [3.05, 3.63) is 0 Å². The van der Waals surface area contributed by atoms with Crippen LogP contribution in [0.1, 0.15) is 34.1 Å². The van der Waals surface area contributed by atoms with Crippen LogP contribution >= 0.6 is 0 Å². The van der Waals surface area contributed by atoms with Gasteiger partial charge in [-0.25, -0.2) is 0 Å². The summed E-state index contributed by atoms with van der Waals surface area (Å²) >= 11 is 0. The first-order chi connectivity index (χ1) is 10.8. The second-order valence-corrected chi connectivity index (χ2v) is 6.61. The zero-order valence-corrected chi connectivity index (χ0v) is 15.5. The Hall–Kier alpha value is -0.730. The van der Waals surface area contributed by atoms with Crippen molar-refractivity contribution in [2.45, 2.75) is 34.1 Å². The summed E-state index contributed by atoms with van der Waals surface area (Å²) in [6.07, 6.45) is 0.738. The van der Waals surface area contributed by atoms with E-state index < -0.39 is 11.4 Å². The zero-order chi connectivity index (χ0) is 18.1. The molecule has 0 aliphatic carbocycles. The second-order valence-electron chi connectivity index (χ2n) is 6.61. The van der Waals surface area contributed by atoms with Crippen molar-refractivity contribution in [1.82, 2.24) is 16.0 Å². The molecular formula is C16H39N5O2. The Morgan fingerprint density at radius 1 is 0.913 bits per heavy atom. The Labute approximate surface area is 142 Å². The van der Waals surface area contributed by atoms with Gasteiger partial charge in [-0.05, 0) is 26.2 Å². The lowest BCUT2D eigenvalue weighted by molar-refractivity contribution is -0.147. The highest BCUT2D eigenvalue weighted by Gasteiger charge is 2.27. The highest BCUT2D eigenvalue weighted by Crippen LogP contribution is 2.24. The van der Waals surface area contributed by atoms with Crippen LogP contribution in [0.3, 0.4) is 0 Å². The van der Waals surface area contributed by atoms with Gasteiger partial charge in [-0.2, -0.15) is 0 Å². The van der Waals surface area contributed by atoms with Crippen molar-refractivity contribution in [3.8, 4) is 0 Å². The molecule has 7 heteroatoms. The monoisotopic (exact) mass is 333 g/mol. The summed E-state index contributed by atoms with van der Waals surface area (Å²) in [5, 5.41) is 18.4. The maximum atomic E-state index is 10.6. The van der Waals surface area contributed by atoms with Crippen LogP contribution in [-0.2, 0) is 4.79 Å². The normalized spacial score (nSPS) is 11.3. The molecule has 8 N–H and O–H groups in total. The highest BCUT2D eigenvalue weighted by molar-refractivity contribution is 5.73. The number of carboxylic acid groups (broad SMARTS) is 1. The van der Waals surface area contributed by atoms with Crippen LogP contribution in [0, 0.1) is 11.3 Å². The van der Waals surface area contributed by atoms with Crippen molar-refractivity contribution in [3.63, 3.8) is 0 Å². The molecule has 0 aliphatic rings. The molecule has 0 saturated carbocycles. The van der Waals surface area contributed by atoms with E-state index in [-0.39, 0.29) is 0 Å². The standard InChI is InChI=1S/C8H23N5.C8H16O2/c9-1-3-11-5-7-13-8-6-12-4-2-10;1-6(2)5-8(3,4)7(9)10/h11-13H,1-10H2;6H,5H2,1-4H3,(H,9,10). The molecule has 0 aromatic rings. The minimum atomic E-state index is -0.707. The Balaban J connectivity index is 0. The maximum Gasteiger partial charge on any atom is 0.309 e. The molecule has 0 fully saturated rings. The maximum absolute atomic E-state index is 10.6. The van der Waals surface area contributed by atoms with Crippen LogP contribution in [-0.4, -0.2) is 63.4 Å². The van der Waals surface area contributed by atoms with E-state index in [0.29, 0.717) is 19.0 Å². The minimum absolute atomic E-state index is 0.450. The molecule has 0 spiro atoms. The molecule has 7 nitrogen and oxygen atoms in total. The first-order valence-corrected chi connectivity index (χ1v) is 8.53. The van der Waals surface area contributed by atoms with Crippen LogP contribution in [0.15, 0.2) is 0 Å². The number of aliphatic carboxylic acids is 1. The van der Waals surface area contributed by atoms with Crippen LogP contribution in [0.4, 0.5) is 0 Å². The third-order valence-corrected chi connectivity index (χ3v) is 3.10. The smallest absolute Gasteiger partial charge is 0.309 e. The van der Waals surface area contributed by atoms with Gasteiger partial charge in [0.25, 0.3) is 0 Å². The predicted octanol–water partition coefficient (Wildman–Crippen LogP) is -0.184. The van der Waals surface area contributed by atoms with E-state index in [4.69, 9.17) is 16.6 Å². The van der Waals surface area contributed by atoms with Gasteiger partial charge in [-0.3, -0.25) is 4.79 Å². The Morgan fingerprint density at radius 3 is 1.48 bits per heavy atom. The van der Waals surface area contributed by atoms with Gasteiger partial charge in [0.2, 0.25) is 0 Å². The third-order valence-electron chi connectivity index (χ3n) is 3.10. The first kappa shape index (κ1) is 24.5. The average Bonchev–Trinajstić information content (AvgIpc) is 2.45. The average molecular weight is 334 g/mol. The third kappa shape index (κ3) is 19.2. The Bertz CT molecular complexity index is 263. The second kappa shape index (κ2) is 16.1. The fourth-order valence-electron chi connectivity index (χ4n) is 2.04. The van der Waals surface area contributed by atoms with E-state index in [9.17, 15) is 4.79 Å². The Morgan fingerprint density at radius 2 is 1.26 bits per heavy atom. The highest BCUT2D eigenvalue weighted by atomic mass is 16.4. The summed E-state index contributed by atoms with van der Waals surface area (Å²) < 4.78 is 0. The Kier molecular flexibility index (Phi) is 17.2. The number of rotatable bonds is 13. The molecule has 0 rings (SSSR count). The van der Waals surface area contributed by atoms with Gasteiger partial charge in [0.1, 0.15) is 0 Å². The minimum Gasteiger partial charge on any atom is -0.481 e. The van der Waals surface area contributed by atoms with E-state index in [0.717, 1.165) is 45.7 Å². The summed E-state index contributed by atoms with van der Waals surface area (Å²) in [7, 11) is 0. The van der Waals surface area contributed by atoms with Crippen molar-refractivity contribution >= 4 is 5.97 Å². The molecular weight excluding hydrogens is 294 g/mol. The SMILES string of the molecule is CC(C)CC(C)(C)C(=O)O.NCCNCCNCCNCCN. The predicted molar refractivity (Wildman–Crippen MR) is 97.6 cm³/mol. The number of carbonyl (C=O) groups is 1. The van der Waals surface area contributed by atoms with Crippen LogP contribution in [0.25, 0.3) is 0 Å². The number of hydrogen-bond acceptors (Lipinski definition) is 6. The van der Waals surface area contributed by atoms with E-state index in [2.05, 4.69) is 16.0 Å². The van der Waals surface area contributed by atoms with Gasteiger partial charge in [-0.15, -0.1) is 0 Å². The van der Waals surface area contributed by atoms with E-state index in [1.807, 2.05) is 13.8 Å². The fraction of sp³-hybridized carbons (Fsp3) is 0.938. The van der Waals surface area contributed by atoms with Gasteiger partial charge < -0.3 is 32.5 Å². The van der Waals surface area contributed by atoms with E-state index >= 15 is 0 Å². The molecule has 0 atom stereocenters. The quantitative estimate of drug-likeness (QED) is 0.258. The van der Waals surface area contributed by atoms with Gasteiger partial charge in [0.05, 0.1) is 5.41 Å². The molecule has 0 bridgehead atoms. The van der Waals surface area contributed by atoms with Crippen LogP contribution < -0.4 is 27.4 Å². The van der Waals surface area contributed by atoms with Crippen molar-refractivity contribution < 1.29 is 9.90 Å². The van der Waals surface area contributed by atoms with Gasteiger partial charge in [0, 0.05) is 52.4 Å². The van der Waals surface area contributed by atoms with Crippen molar-refractivity contribution in [2.75, 3.05) is 52.4 Å². The molecule has 0 amide bonds. The topological polar surface area (TPSA) is 125 Å². The number of nitrogens with two attached hydrogens (primary N) is 2. The van der Waals surface area contributed by atoms with Gasteiger partial charge >= 0.3 is 5.97 Å². The molecule has 0 unspecified atom stereocenters. The summed E-state index contributed by atoms with van der Waals surface area (Å²) in [4.78, 5) is 10.6. The molecule has 0 aromatic heterocycles. The van der Waals surface area contributed by atoms with Crippen LogP contribution in [0.2, 0.25) is 0 Å². The molecule has 0 aliphatic heterocycles.